The Morgan fingerprint density at radius 1 is 1.24 bits per heavy atom. The third-order valence-corrected chi connectivity index (χ3v) is 4.29. The van der Waals surface area contributed by atoms with Gasteiger partial charge in [0.05, 0.1) is 18.3 Å². The molecule has 0 spiro atoms. The molecular weight excluding hydrogens is 317 g/mol. The Hall–Kier alpha value is -2.69. The smallest absolute Gasteiger partial charge is 0.149 e. The minimum atomic E-state index is -0.266. The lowest BCUT2D eigenvalue weighted by atomic mass is 10.00. The molecule has 0 saturated carbocycles. The predicted molar refractivity (Wildman–Crippen MR) is 99.4 cm³/mol. The van der Waals surface area contributed by atoms with Crippen molar-refractivity contribution in [2.75, 3.05) is 12.4 Å². The molecule has 1 heterocycles. The molecule has 0 radical (unpaired) electrons. The van der Waals surface area contributed by atoms with Crippen molar-refractivity contribution in [2.45, 2.75) is 33.1 Å². The van der Waals surface area contributed by atoms with Gasteiger partial charge in [-0.2, -0.15) is 0 Å². The molecule has 0 fully saturated rings. The molecule has 130 valence electrons. The highest BCUT2D eigenvalue weighted by Crippen LogP contribution is 2.33. The Bertz CT molecular complexity index is 897. The highest BCUT2D eigenvalue weighted by Gasteiger charge is 2.15. The van der Waals surface area contributed by atoms with Crippen LogP contribution in [0.25, 0.3) is 10.9 Å². The van der Waals surface area contributed by atoms with Crippen molar-refractivity contribution < 1.29 is 9.13 Å². The van der Waals surface area contributed by atoms with Crippen LogP contribution in [0.5, 0.6) is 5.75 Å². The van der Waals surface area contributed by atoms with Gasteiger partial charge < -0.3 is 10.1 Å². The quantitative estimate of drug-likeness (QED) is 0.825. The van der Waals surface area contributed by atoms with E-state index in [1.54, 1.807) is 20.1 Å². The molecule has 1 aliphatic rings. The average molecular weight is 339 g/mol. The number of allylic oxidation sites excluding steroid dienone is 5. The first-order valence-corrected chi connectivity index (χ1v) is 8.34. The maximum atomic E-state index is 14.5. The van der Waals surface area contributed by atoms with E-state index in [0.29, 0.717) is 23.5 Å². The molecule has 0 amide bonds. The van der Waals surface area contributed by atoms with Crippen LogP contribution in [0.2, 0.25) is 0 Å². The topological polar surface area (TPSA) is 47.0 Å². The SMILES string of the molecule is COc1cc2ncnc(NC3=C(F)C(C)=CCC=C3)c2cc1C(C)C. The lowest BCUT2D eigenvalue weighted by Gasteiger charge is -2.15. The zero-order valence-corrected chi connectivity index (χ0v) is 14.9. The van der Waals surface area contributed by atoms with Gasteiger partial charge in [-0.1, -0.05) is 26.0 Å². The molecule has 1 aromatic carbocycles. The molecule has 1 aliphatic carbocycles. The molecule has 0 saturated heterocycles. The molecule has 3 rings (SSSR count). The van der Waals surface area contributed by atoms with Crippen LogP contribution >= 0.6 is 0 Å². The normalized spacial score (nSPS) is 14.7. The third kappa shape index (κ3) is 3.40. The summed E-state index contributed by atoms with van der Waals surface area (Å²) in [6, 6.07) is 3.92. The molecular formula is C20H22FN3O. The second-order valence-electron chi connectivity index (χ2n) is 6.37. The molecule has 2 aromatic rings. The van der Waals surface area contributed by atoms with E-state index in [1.165, 1.54) is 6.33 Å². The van der Waals surface area contributed by atoms with Gasteiger partial charge in [0, 0.05) is 11.5 Å². The number of ether oxygens (including phenoxy) is 1. The summed E-state index contributed by atoms with van der Waals surface area (Å²) in [6.07, 6.45) is 7.72. The lowest BCUT2D eigenvalue weighted by molar-refractivity contribution is 0.408. The summed E-state index contributed by atoms with van der Waals surface area (Å²) < 4.78 is 20.0. The van der Waals surface area contributed by atoms with Gasteiger partial charge >= 0.3 is 0 Å². The van der Waals surface area contributed by atoms with E-state index in [9.17, 15) is 4.39 Å². The first kappa shape index (κ1) is 17.1. The van der Waals surface area contributed by atoms with Crippen molar-refractivity contribution in [1.82, 2.24) is 9.97 Å². The number of nitrogens with one attached hydrogen (secondary N) is 1. The zero-order chi connectivity index (χ0) is 18.0. The molecule has 1 N–H and O–H groups in total. The number of halogens is 1. The highest BCUT2D eigenvalue weighted by molar-refractivity contribution is 5.91. The van der Waals surface area contributed by atoms with Crippen molar-refractivity contribution in [3.8, 4) is 5.75 Å². The predicted octanol–water partition coefficient (Wildman–Crippen LogP) is 5.26. The first-order valence-electron chi connectivity index (χ1n) is 8.34. The van der Waals surface area contributed by atoms with Gasteiger partial charge in [-0.15, -0.1) is 0 Å². The van der Waals surface area contributed by atoms with Gasteiger partial charge in [-0.3, -0.25) is 0 Å². The number of hydrogen-bond acceptors (Lipinski definition) is 4. The molecule has 5 heteroatoms. The third-order valence-electron chi connectivity index (χ3n) is 4.29. The summed E-state index contributed by atoms with van der Waals surface area (Å²) in [4.78, 5) is 8.66. The number of fused-ring (bicyclic) bond motifs is 1. The van der Waals surface area contributed by atoms with Crippen LogP contribution in [-0.2, 0) is 0 Å². The summed E-state index contributed by atoms with van der Waals surface area (Å²) in [5.74, 6) is 1.40. The molecule has 25 heavy (non-hydrogen) atoms. The van der Waals surface area contributed by atoms with Crippen LogP contribution in [-0.4, -0.2) is 17.1 Å². The number of benzene rings is 1. The van der Waals surface area contributed by atoms with Crippen LogP contribution < -0.4 is 10.1 Å². The molecule has 0 unspecified atom stereocenters. The van der Waals surface area contributed by atoms with Crippen molar-refractivity contribution in [3.63, 3.8) is 0 Å². The van der Waals surface area contributed by atoms with Gasteiger partial charge in [0.15, 0.2) is 0 Å². The standard InChI is InChI=1S/C20H22FN3O/c1-12(2)14-9-15-17(10-18(14)25-4)22-11-23-20(15)24-16-8-6-5-7-13(3)19(16)21/h6-12H,5H2,1-4H3,(H,22,23,24). The van der Waals surface area contributed by atoms with Crippen molar-refractivity contribution >= 4 is 16.7 Å². The van der Waals surface area contributed by atoms with Crippen LogP contribution in [0.15, 0.2) is 53.8 Å². The maximum Gasteiger partial charge on any atom is 0.149 e. The molecule has 0 bridgehead atoms. The summed E-state index contributed by atoms with van der Waals surface area (Å²) in [7, 11) is 1.65. The molecule has 1 aromatic heterocycles. The number of aromatic nitrogens is 2. The maximum absolute atomic E-state index is 14.5. The van der Waals surface area contributed by atoms with Crippen molar-refractivity contribution in [1.29, 1.82) is 0 Å². The summed E-state index contributed by atoms with van der Waals surface area (Å²) in [6.45, 7) is 5.97. The number of anilines is 1. The Morgan fingerprint density at radius 2 is 2.04 bits per heavy atom. The fourth-order valence-electron chi connectivity index (χ4n) is 2.86. The monoisotopic (exact) mass is 339 g/mol. The fraction of sp³-hybridized carbons (Fsp3) is 0.300. The van der Waals surface area contributed by atoms with E-state index in [0.717, 1.165) is 22.2 Å². The Balaban J connectivity index is 2.12. The van der Waals surface area contributed by atoms with E-state index in [4.69, 9.17) is 4.74 Å². The van der Waals surface area contributed by atoms with Crippen LogP contribution in [0.3, 0.4) is 0 Å². The van der Waals surface area contributed by atoms with E-state index < -0.39 is 0 Å². The van der Waals surface area contributed by atoms with Crippen LogP contribution in [0, 0.1) is 0 Å². The first-order chi connectivity index (χ1) is 12.0. The number of methoxy groups -OCH3 is 1. The van der Waals surface area contributed by atoms with Crippen molar-refractivity contribution in [3.05, 3.63) is 59.3 Å². The summed E-state index contributed by atoms with van der Waals surface area (Å²) in [5.41, 5.74) is 2.85. The van der Waals surface area contributed by atoms with Gasteiger partial charge in [0.25, 0.3) is 0 Å². The van der Waals surface area contributed by atoms with Gasteiger partial charge in [0.2, 0.25) is 0 Å². The summed E-state index contributed by atoms with van der Waals surface area (Å²) in [5, 5.41) is 3.97. The minimum absolute atomic E-state index is 0.266. The second-order valence-corrected chi connectivity index (χ2v) is 6.37. The van der Waals surface area contributed by atoms with E-state index in [1.807, 2.05) is 24.3 Å². The molecule has 0 aliphatic heterocycles. The Labute approximate surface area is 147 Å². The Morgan fingerprint density at radius 3 is 2.76 bits per heavy atom. The summed E-state index contributed by atoms with van der Waals surface area (Å²) >= 11 is 0. The Kier molecular flexibility index (Phi) is 4.83. The number of nitrogens with zero attached hydrogens (tertiary/aromatic N) is 2. The van der Waals surface area contributed by atoms with E-state index in [-0.39, 0.29) is 11.7 Å². The van der Waals surface area contributed by atoms with Gasteiger partial charge in [-0.05, 0) is 42.5 Å². The van der Waals surface area contributed by atoms with Crippen molar-refractivity contribution in [2.24, 2.45) is 0 Å². The lowest BCUT2D eigenvalue weighted by Crippen LogP contribution is -2.04. The molecule has 4 nitrogen and oxygen atoms in total. The minimum Gasteiger partial charge on any atom is -0.496 e. The van der Waals surface area contributed by atoms with Gasteiger partial charge in [0.1, 0.15) is 23.7 Å². The zero-order valence-electron chi connectivity index (χ0n) is 14.9. The van der Waals surface area contributed by atoms with Gasteiger partial charge in [-0.25, -0.2) is 14.4 Å². The van der Waals surface area contributed by atoms with E-state index >= 15 is 0 Å². The fourth-order valence-corrected chi connectivity index (χ4v) is 2.86. The second kappa shape index (κ2) is 7.05. The highest BCUT2D eigenvalue weighted by atomic mass is 19.1. The average Bonchev–Trinajstić information content (AvgIpc) is 2.76. The number of hydrogen-bond donors (Lipinski definition) is 1. The van der Waals surface area contributed by atoms with Crippen LogP contribution in [0.4, 0.5) is 10.2 Å². The molecule has 0 atom stereocenters. The number of rotatable bonds is 4. The largest absolute Gasteiger partial charge is 0.496 e. The van der Waals surface area contributed by atoms with E-state index in [2.05, 4.69) is 29.1 Å². The van der Waals surface area contributed by atoms with Crippen LogP contribution in [0.1, 0.15) is 38.7 Å².